The van der Waals surface area contributed by atoms with Crippen LogP contribution < -0.4 is 5.32 Å². The summed E-state index contributed by atoms with van der Waals surface area (Å²) in [6.45, 7) is 8.97. The van der Waals surface area contributed by atoms with E-state index in [-0.39, 0.29) is 0 Å². The number of nitrogens with one attached hydrogen (secondary N) is 1. The van der Waals surface area contributed by atoms with Gasteiger partial charge in [0.25, 0.3) is 0 Å². The maximum atomic E-state index is 4.25. The van der Waals surface area contributed by atoms with Crippen molar-refractivity contribution in [2.75, 3.05) is 11.9 Å². The highest BCUT2D eigenvalue weighted by Crippen LogP contribution is 2.02. The highest BCUT2D eigenvalue weighted by molar-refractivity contribution is 5.34. The Hall–Kier alpha value is -1.05. The topological polar surface area (TPSA) is 24.9 Å². The molecule has 0 fully saturated rings. The summed E-state index contributed by atoms with van der Waals surface area (Å²) >= 11 is 0. The molecule has 1 aromatic heterocycles. The molecule has 68 valence electrons. The summed E-state index contributed by atoms with van der Waals surface area (Å²) in [4.78, 5) is 4.25. The number of anilines is 1. The van der Waals surface area contributed by atoms with Gasteiger partial charge < -0.3 is 5.32 Å². The molecule has 0 radical (unpaired) electrons. The molecular formula is C10H18N2. The average Bonchev–Trinajstić information content (AvgIpc) is 2.09. The molecule has 0 aliphatic carbocycles. The van der Waals surface area contributed by atoms with Crippen LogP contribution in [0.5, 0.6) is 0 Å². The first kappa shape index (κ1) is 11.0. The lowest BCUT2D eigenvalue weighted by molar-refractivity contribution is 1.12. The standard InChI is InChI=1S/C8H12N2.C2H6/c1-3-9-8-6-4-5-7(2)10-8;1-2/h4-6H,3H2,1-2H3,(H,9,10);1-2H3. The number of nitrogens with zero attached hydrogens (tertiary/aromatic N) is 1. The van der Waals surface area contributed by atoms with Crippen LogP contribution in [-0.2, 0) is 0 Å². The second-order valence-electron chi connectivity index (χ2n) is 2.19. The van der Waals surface area contributed by atoms with E-state index in [1.54, 1.807) is 0 Å². The predicted octanol–water partition coefficient (Wildman–Crippen LogP) is 2.85. The number of aromatic nitrogens is 1. The fourth-order valence-electron chi connectivity index (χ4n) is 0.823. The highest BCUT2D eigenvalue weighted by atomic mass is 15.0. The van der Waals surface area contributed by atoms with E-state index in [0.29, 0.717) is 0 Å². The van der Waals surface area contributed by atoms with Crippen LogP contribution >= 0.6 is 0 Å². The van der Waals surface area contributed by atoms with Crippen LogP contribution in [0.15, 0.2) is 18.2 Å². The van der Waals surface area contributed by atoms with E-state index >= 15 is 0 Å². The molecule has 0 amide bonds. The molecule has 0 atom stereocenters. The van der Waals surface area contributed by atoms with Gasteiger partial charge in [0.15, 0.2) is 0 Å². The molecule has 1 heterocycles. The summed E-state index contributed by atoms with van der Waals surface area (Å²) in [5.74, 6) is 0.961. The van der Waals surface area contributed by atoms with Gasteiger partial charge in [-0.3, -0.25) is 0 Å². The molecule has 0 aromatic carbocycles. The average molecular weight is 166 g/mol. The molecule has 0 unspecified atom stereocenters. The van der Waals surface area contributed by atoms with E-state index in [4.69, 9.17) is 0 Å². The number of hydrogen-bond donors (Lipinski definition) is 1. The monoisotopic (exact) mass is 166 g/mol. The Morgan fingerprint density at radius 3 is 2.50 bits per heavy atom. The van der Waals surface area contributed by atoms with Crippen molar-refractivity contribution in [2.24, 2.45) is 0 Å². The van der Waals surface area contributed by atoms with Gasteiger partial charge in [-0.25, -0.2) is 4.98 Å². The molecule has 0 bridgehead atoms. The van der Waals surface area contributed by atoms with Gasteiger partial charge in [0, 0.05) is 12.2 Å². The van der Waals surface area contributed by atoms with Crippen LogP contribution in [0.2, 0.25) is 0 Å². The van der Waals surface area contributed by atoms with Crippen molar-refractivity contribution >= 4 is 5.82 Å². The molecule has 0 aliphatic heterocycles. The normalized spacial score (nSPS) is 8.33. The molecule has 1 N–H and O–H groups in total. The summed E-state index contributed by atoms with van der Waals surface area (Å²) in [5.41, 5.74) is 1.05. The smallest absolute Gasteiger partial charge is 0.126 e. The Labute approximate surface area is 75.0 Å². The molecule has 0 aliphatic rings. The Morgan fingerprint density at radius 1 is 1.33 bits per heavy atom. The zero-order valence-electron chi connectivity index (χ0n) is 8.39. The largest absolute Gasteiger partial charge is 0.370 e. The van der Waals surface area contributed by atoms with Crippen molar-refractivity contribution in [1.29, 1.82) is 0 Å². The van der Waals surface area contributed by atoms with Crippen molar-refractivity contribution in [2.45, 2.75) is 27.7 Å². The molecular weight excluding hydrogens is 148 g/mol. The molecule has 0 saturated heterocycles. The lowest BCUT2D eigenvalue weighted by Gasteiger charge is -2.00. The van der Waals surface area contributed by atoms with Crippen LogP contribution in [0.1, 0.15) is 26.5 Å². The Morgan fingerprint density at radius 2 is 2.00 bits per heavy atom. The van der Waals surface area contributed by atoms with Gasteiger partial charge >= 0.3 is 0 Å². The van der Waals surface area contributed by atoms with Gasteiger partial charge in [0.05, 0.1) is 0 Å². The number of pyridine rings is 1. The number of aryl methyl sites for hydroxylation is 1. The maximum absolute atomic E-state index is 4.25. The minimum absolute atomic E-state index is 0.927. The highest BCUT2D eigenvalue weighted by Gasteiger charge is 1.88. The van der Waals surface area contributed by atoms with Crippen LogP contribution in [0, 0.1) is 6.92 Å². The van der Waals surface area contributed by atoms with Gasteiger partial charge in [-0.05, 0) is 26.0 Å². The SMILES string of the molecule is CC.CCNc1cccc(C)n1. The molecule has 1 rings (SSSR count). The molecule has 2 heteroatoms. The Kier molecular flexibility index (Phi) is 6.07. The van der Waals surface area contributed by atoms with E-state index in [0.717, 1.165) is 18.1 Å². The molecule has 2 nitrogen and oxygen atoms in total. The lowest BCUT2D eigenvalue weighted by atomic mass is 10.4. The second kappa shape index (κ2) is 6.65. The van der Waals surface area contributed by atoms with Crippen molar-refractivity contribution in [3.8, 4) is 0 Å². The van der Waals surface area contributed by atoms with Gasteiger partial charge in [-0.15, -0.1) is 0 Å². The lowest BCUT2D eigenvalue weighted by Crippen LogP contribution is -1.98. The summed E-state index contributed by atoms with van der Waals surface area (Å²) < 4.78 is 0. The van der Waals surface area contributed by atoms with Crippen LogP contribution in [0.25, 0.3) is 0 Å². The third-order valence-electron chi connectivity index (χ3n) is 1.25. The number of rotatable bonds is 2. The van der Waals surface area contributed by atoms with Crippen LogP contribution in [0.4, 0.5) is 5.82 Å². The van der Waals surface area contributed by atoms with Crippen molar-refractivity contribution in [1.82, 2.24) is 4.98 Å². The minimum Gasteiger partial charge on any atom is -0.370 e. The Balaban J connectivity index is 0.000000561. The molecule has 0 saturated carbocycles. The summed E-state index contributed by atoms with van der Waals surface area (Å²) in [5, 5.41) is 3.14. The summed E-state index contributed by atoms with van der Waals surface area (Å²) in [6, 6.07) is 5.96. The first-order valence-corrected chi connectivity index (χ1v) is 4.50. The van der Waals surface area contributed by atoms with Crippen molar-refractivity contribution < 1.29 is 0 Å². The van der Waals surface area contributed by atoms with E-state index in [2.05, 4.69) is 17.2 Å². The zero-order chi connectivity index (χ0) is 9.40. The minimum atomic E-state index is 0.927. The van der Waals surface area contributed by atoms with Crippen molar-refractivity contribution in [3.63, 3.8) is 0 Å². The fraction of sp³-hybridized carbons (Fsp3) is 0.500. The maximum Gasteiger partial charge on any atom is 0.126 e. The summed E-state index contributed by atoms with van der Waals surface area (Å²) in [7, 11) is 0. The quantitative estimate of drug-likeness (QED) is 0.730. The van der Waals surface area contributed by atoms with E-state index in [9.17, 15) is 0 Å². The second-order valence-corrected chi connectivity index (χ2v) is 2.19. The molecule has 1 aromatic rings. The third-order valence-corrected chi connectivity index (χ3v) is 1.25. The van der Waals surface area contributed by atoms with Crippen molar-refractivity contribution in [3.05, 3.63) is 23.9 Å². The van der Waals surface area contributed by atoms with Gasteiger partial charge in [0.2, 0.25) is 0 Å². The van der Waals surface area contributed by atoms with Crippen LogP contribution in [0.3, 0.4) is 0 Å². The van der Waals surface area contributed by atoms with Crippen LogP contribution in [-0.4, -0.2) is 11.5 Å². The first-order chi connectivity index (χ1) is 5.83. The fourth-order valence-corrected chi connectivity index (χ4v) is 0.823. The van der Waals surface area contributed by atoms with E-state index < -0.39 is 0 Å². The van der Waals surface area contributed by atoms with Gasteiger partial charge in [-0.2, -0.15) is 0 Å². The predicted molar refractivity (Wildman–Crippen MR) is 54.5 cm³/mol. The van der Waals surface area contributed by atoms with Gasteiger partial charge in [0.1, 0.15) is 5.82 Å². The molecule has 12 heavy (non-hydrogen) atoms. The van der Waals surface area contributed by atoms with E-state index in [1.165, 1.54) is 0 Å². The first-order valence-electron chi connectivity index (χ1n) is 4.50. The number of hydrogen-bond acceptors (Lipinski definition) is 2. The van der Waals surface area contributed by atoms with E-state index in [1.807, 2.05) is 39.0 Å². The third kappa shape index (κ3) is 3.96. The van der Waals surface area contributed by atoms with Gasteiger partial charge in [-0.1, -0.05) is 19.9 Å². The summed E-state index contributed by atoms with van der Waals surface area (Å²) in [6.07, 6.45) is 0. The Bertz CT molecular complexity index is 209. The zero-order valence-corrected chi connectivity index (χ0v) is 8.39. The molecule has 0 spiro atoms.